The van der Waals surface area contributed by atoms with Gasteiger partial charge in [0, 0.05) is 5.38 Å². The number of aromatic nitrogens is 1. The molecular weight excluding hydrogens is 289 g/mol. The Morgan fingerprint density at radius 2 is 2.05 bits per heavy atom. The second-order valence-electron chi connectivity index (χ2n) is 3.98. The largest absolute Gasteiger partial charge is 0.573 e. The number of alkyl halides is 3. The highest BCUT2D eigenvalue weighted by Crippen LogP contribution is 2.30. The van der Waals surface area contributed by atoms with Crippen molar-refractivity contribution >= 4 is 17.0 Å². The van der Waals surface area contributed by atoms with E-state index in [1.54, 1.807) is 6.07 Å². The van der Waals surface area contributed by atoms with Crippen molar-refractivity contribution in [2.45, 2.75) is 26.3 Å². The van der Waals surface area contributed by atoms with Gasteiger partial charge in [-0.15, -0.1) is 24.5 Å². The molecule has 1 aromatic carbocycles. The minimum atomic E-state index is -4.70. The monoisotopic (exact) mass is 302 g/mol. The number of aryl methyl sites for hydroxylation is 1. The molecule has 0 atom stereocenters. The lowest BCUT2D eigenvalue weighted by molar-refractivity contribution is -0.274. The van der Waals surface area contributed by atoms with Crippen molar-refractivity contribution in [3.63, 3.8) is 0 Å². The van der Waals surface area contributed by atoms with Crippen LogP contribution in [0.4, 0.5) is 18.9 Å². The fourth-order valence-corrected chi connectivity index (χ4v) is 2.35. The number of nitrogens with one attached hydrogen (secondary N) is 1. The Bertz CT molecular complexity index is 569. The van der Waals surface area contributed by atoms with E-state index in [-0.39, 0.29) is 11.4 Å². The van der Waals surface area contributed by atoms with Gasteiger partial charge in [0.1, 0.15) is 0 Å². The van der Waals surface area contributed by atoms with Crippen molar-refractivity contribution < 1.29 is 17.9 Å². The summed E-state index contributed by atoms with van der Waals surface area (Å²) >= 11 is 1.54. The topological polar surface area (TPSA) is 34.2 Å². The molecule has 0 radical (unpaired) electrons. The number of nitrogens with zero attached hydrogens (tertiary/aromatic N) is 1. The number of halogens is 3. The molecule has 0 saturated carbocycles. The lowest BCUT2D eigenvalue weighted by Gasteiger charge is -2.13. The number of thiazole rings is 1. The van der Waals surface area contributed by atoms with Gasteiger partial charge in [0.25, 0.3) is 0 Å². The van der Waals surface area contributed by atoms with Gasteiger partial charge in [-0.3, -0.25) is 0 Å². The Morgan fingerprint density at radius 1 is 1.30 bits per heavy atom. The second kappa shape index (κ2) is 6.13. The molecule has 0 spiro atoms. The first-order valence-corrected chi connectivity index (χ1v) is 6.88. The number of para-hydroxylation sites is 2. The van der Waals surface area contributed by atoms with Gasteiger partial charge in [0.05, 0.1) is 22.9 Å². The lowest BCUT2D eigenvalue weighted by Crippen LogP contribution is -2.18. The number of ether oxygens (including phenoxy) is 1. The first-order chi connectivity index (χ1) is 9.48. The van der Waals surface area contributed by atoms with E-state index in [2.05, 4.69) is 15.0 Å². The molecule has 7 heteroatoms. The molecule has 2 rings (SSSR count). The van der Waals surface area contributed by atoms with Gasteiger partial charge in [-0.05, 0) is 18.6 Å². The normalized spacial score (nSPS) is 11.4. The Morgan fingerprint density at radius 3 is 2.70 bits per heavy atom. The molecule has 0 saturated heterocycles. The summed E-state index contributed by atoms with van der Waals surface area (Å²) in [4.78, 5) is 4.34. The maximum atomic E-state index is 12.3. The zero-order valence-corrected chi connectivity index (χ0v) is 11.5. The quantitative estimate of drug-likeness (QED) is 0.898. The summed E-state index contributed by atoms with van der Waals surface area (Å²) in [6, 6.07) is 5.94. The first-order valence-electron chi connectivity index (χ1n) is 6.00. The van der Waals surface area contributed by atoms with Crippen molar-refractivity contribution in [3.8, 4) is 5.75 Å². The van der Waals surface area contributed by atoms with Crippen LogP contribution in [0.1, 0.15) is 17.6 Å². The summed E-state index contributed by atoms with van der Waals surface area (Å²) in [5.41, 5.74) is 1.09. The van der Waals surface area contributed by atoms with E-state index in [4.69, 9.17) is 0 Å². The van der Waals surface area contributed by atoms with Gasteiger partial charge in [-0.2, -0.15) is 0 Å². The maximum absolute atomic E-state index is 12.3. The molecule has 0 bridgehead atoms. The molecule has 1 heterocycles. The van der Waals surface area contributed by atoms with E-state index in [1.807, 2.05) is 12.3 Å². The zero-order valence-electron chi connectivity index (χ0n) is 10.7. The summed E-state index contributed by atoms with van der Waals surface area (Å²) in [5, 5.41) is 5.80. The number of hydrogen-bond acceptors (Lipinski definition) is 4. The highest BCUT2D eigenvalue weighted by atomic mass is 32.1. The molecular formula is C13H13F3N2OS. The summed E-state index contributed by atoms with van der Waals surface area (Å²) < 4.78 is 40.8. The van der Waals surface area contributed by atoms with Crippen LogP contribution in [-0.2, 0) is 13.0 Å². The fraction of sp³-hybridized carbons (Fsp3) is 0.308. The molecule has 0 aliphatic heterocycles. The summed E-state index contributed by atoms with van der Waals surface area (Å²) in [5.74, 6) is -0.244. The molecule has 108 valence electrons. The molecule has 1 aromatic heterocycles. The first kappa shape index (κ1) is 14.6. The number of rotatable bonds is 5. The zero-order chi connectivity index (χ0) is 14.6. The molecule has 3 nitrogen and oxygen atoms in total. The molecule has 0 aliphatic carbocycles. The Kier molecular flexibility index (Phi) is 4.49. The molecule has 0 unspecified atom stereocenters. The smallest absolute Gasteiger partial charge is 0.404 e. The van der Waals surface area contributed by atoms with Crippen LogP contribution in [0.25, 0.3) is 0 Å². The minimum Gasteiger partial charge on any atom is -0.404 e. The van der Waals surface area contributed by atoms with Crippen molar-refractivity contribution in [2.75, 3.05) is 5.32 Å². The molecule has 0 amide bonds. The molecule has 2 aromatic rings. The van der Waals surface area contributed by atoms with E-state index >= 15 is 0 Å². The highest BCUT2D eigenvalue weighted by molar-refractivity contribution is 7.09. The number of benzene rings is 1. The number of anilines is 1. The fourth-order valence-electron chi connectivity index (χ4n) is 1.60. The van der Waals surface area contributed by atoms with Crippen molar-refractivity contribution in [2.24, 2.45) is 0 Å². The van der Waals surface area contributed by atoms with Crippen LogP contribution in [0.3, 0.4) is 0 Å². The molecule has 1 N–H and O–H groups in total. The predicted octanol–water partition coefficient (Wildman–Crippen LogP) is 4.22. The SMILES string of the molecule is CCc1nc(CNc2ccccc2OC(F)(F)F)cs1. The van der Waals surface area contributed by atoms with E-state index in [0.717, 1.165) is 17.1 Å². The van der Waals surface area contributed by atoms with Gasteiger partial charge in [0.15, 0.2) is 5.75 Å². The molecule has 0 aliphatic rings. The van der Waals surface area contributed by atoms with Crippen LogP contribution in [0.5, 0.6) is 5.75 Å². The van der Waals surface area contributed by atoms with Gasteiger partial charge in [-0.1, -0.05) is 19.1 Å². The Hall–Kier alpha value is -1.76. The summed E-state index contributed by atoms with van der Waals surface area (Å²) in [7, 11) is 0. The van der Waals surface area contributed by atoms with E-state index in [0.29, 0.717) is 6.54 Å². The number of hydrogen-bond donors (Lipinski definition) is 1. The van der Waals surface area contributed by atoms with Crippen molar-refractivity contribution in [3.05, 3.63) is 40.3 Å². The van der Waals surface area contributed by atoms with Gasteiger partial charge >= 0.3 is 6.36 Å². The maximum Gasteiger partial charge on any atom is 0.573 e. The van der Waals surface area contributed by atoms with Crippen molar-refractivity contribution in [1.29, 1.82) is 0 Å². The van der Waals surface area contributed by atoms with Crippen LogP contribution in [0.15, 0.2) is 29.6 Å². The van der Waals surface area contributed by atoms with Crippen molar-refractivity contribution in [1.82, 2.24) is 4.98 Å². The van der Waals surface area contributed by atoms with E-state index < -0.39 is 6.36 Å². The third kappa shape index (κ3) is 4.12. The van der Waals surface area contributed by atoms with Crippen LogP contribution < -0.4 is 10.1 Å². The third-order valence-corrected chi connectivity index (χ3v) is 3.52. The van der Waals surface area contributed by atoms with Crippen LogP contribution in [0, 0.1) is 0 Å². The Balaban J connectivity index is 2.05. The summed E-state index contributed by atoms with van der Waals surface area (Å²) in [6.07, 6.45) is -3.85. The van der Waals surface area contributed by atoms with Gasteiger partial charge < -0.3 is 10.1 Å². The van der Waals surface area contributed by atoms with Crippen LogP contribution >= 0.6 is 11.3 Å². The summed E-state index contributed by atoms with van der Waals surface area (Å²) in [6.45, 7) is 2.36. The molecule has 20 heavy (non-hydrogen) atoms. The van der Waals surface area contributed by atoms with Gasteiger partial charge in [0.2, 0.25) is 0 Å². The lowest BCUT2D eigenvalue weighted by atomic mass is 10.3. The second-order valence-corrected chi connectivity index (χ2v) is 4.93. The molecule has 0 fully saturated rings. The predicted molar refractivity (Wildman–Crippen MR) is 71.9 cm³/mol. The minimum absolute atomic E-state index is 0.244. The standard InChI is InChI=1S/C13H13F3N2OS/c1-2-12-18-9(8-20-12)7-17-10-5-3-4-6-11(10)19-13(14,15)16/h3-6,8,17H,2,7H2,1H3. The van der Waals surface area contributed by atoms with E-state index in [9.17, 15) is 13.2 Å². The average Bonchev–Trinajstić information content (AvgIpc) is 2.84. The highest BCUT2D eigenvalue weighted by Gasteiger charge is 2.32. The third-order valence-electron chi connectivity index (χ3n) is 2.47. The van der Waals surface area contributed by atoms with E-state index in [1.165, 1.54) is 29.5 Å². The van der Waals surface area contributed by atoms with Gasteiger partial charge in [-0.25, -0.2) is 4.98 Å². The Labute approximate surface area is 118 Å². The van der Waals surface area contributed by atoms with Crippen LogP contribution in [0.2, 0.25) is 0 Å². The van der Waals surface area contributed by atoms with Crippen LogP contribution in [-0.4, -0.2) is 11.3 Å². The average molecular weight is 302 g/mol.